The Morgan fingerprint density at radius 1 is 1.28 bits per heavy atom. The molecule has 25 heavy (non-hydrogen) atoms. The van der Waals surface area contributed by atoms with Crippen LogP contribution in [-0.4, -0.2) is 25.6 Å². The average molecular weight is 333 g/mol. The Morgan fingerprint density at radius 2 is 2.08 bits per heavy atom. The smallest absolute Gasteiger partial charge is 0.337 e. The number of fused-ring (bicyclic) bond motifs is 1. The van der Waals surface area contributed by atoms with Crippen molar-refractivity contribution in [3.63, 3.8) is 0 Å². The molecule has 0 radical (unpaired) electrons. The van der Waals surface area contributed by atoms with Crippen LogP contribution in [0.4, 0.5) is 5.69 Å². The number of methoxy groups -OCH3 is 1. The number of carbonyl (C=O) groups excluding carboxylic acids is 2. The molecule has 1 heterocycles. The van der Waals surface area contributed by atoms with Gasteiger partial charge >= 0.3 is 5.97 Å². The van der Waals surface area contributed by atoms with Gasteiger partial charge in [-0.25, -0.2) is 4.79 Å². The van der Waals surface area contributed by atoms with Crippen molar-refractivity contribution in [2.45, 2.75) is 0 Å². The molecule has 0 aliphatic carbocycles. The van der Waals surface area contributed by atoms with Gasteiger partial charge in [0.15, 0.2) is 0 Å². The molecule has 124 valence electrons. The normalized spacial score (nSPS) is 13.8. The predicted molar refractivity (Wildman–Crippen MR) is 95.1 cm³/mol. The number of benzene rings is 2. The number of rotatable bonds is 4. The lowest BCUT2D eigenvalue weighted by molar-refractivity contribution is -0.110. The number of carbonyl (C=O) groups is 2. The Labute approximate surface area is 145 Å². The van der Waals surface area contributed by atoms with E-state index in [1.807, 2.05) is 18.2 Å². The van der Waals surface area contributed by atoms with Gasteiger partial charge < -0.3 is 14.8 Å². The van der Waals surface area contributed by atoms with Crippen LogP contribution in [-0.2, 0) is 9.53 Å². The van der Waals surface area contributed by atoms with Gasteiger partial charge in [0.1, 0.15) is 12.4 Å². The van der Waals surface area contributed by atoms with Crippen LogP contribution >= 0.6 is 0 Å². The second kappa shape index (κ2) is 6.93. The molecule has 3 rings (SSSR count). The highest BCUT2D eigenvalue weighted by Gasteiger charge is 2.25. The monoisotopic (exact) mass is 333 g/mol. The maximum Gasteiger partial charge on any atom is 0.337 e. The molecular formula is C20H15NO4. The molecule has 1 aliphatic rings. The minimum Gasteiger partial charge on any atom is -0.480 e. The van der Waals surface area contributed by atoms with Crippen molar-refractivity contribution in [1.29, 1.82) is 0 Å². The molecule has 1 amide bonds. The van der Waals surface area contributed by atoms with E-state index in [2.05, 4.69) is 11.2 Å². The number of nitrogens with one attached hydrogen (secondary N) is 1. The molecule has 2 aromatic rings. The Bertz CT molecular complexity index is 922. The van der Waals surface area contributed by atoms with E-state index in [1.165, 1.54) is 7.11 Å². The number of anilines is 1. The molecular weight excluding hydrogens is 318 g/mol. The van der Waals surface area contributed by atoms with E-state index in [4.69, 9.17) is 15.9 Å². The van der Waals surface area contributed by atoms with Crippen molar-refractivity contribution < 1.29 is 19.1 Å². The fourth-order valence-electron chi connectivity index (χ4n) is 2.59. The second-order valence-electron chi connectivity index (χ2n) is 5.29. The Balaban J connectivity index is 2.01. The third-order valence-corrected chi connectivity index (χ3v) is 3.75. The zero-order chi connectivity index (χ0) is 17.8. The number of amides is 1. The summed E-state index contributed by atoms with van der Waals surface area (Å²) in [6.45, 7) is 0.144. The summed E-state index contributed by atoms with van der Waals surface area (Å²) in [5.74, 6) is 2.31. The van der Waals surface area contributed by atoms with Crippen molar-refractivity contribution in [2.24, 2.45) is 0 Å². The number of para-hydroxylation sites is 1. The van der Waals surface area contributed by atoms with Gasteiger partial charge in [0.2, 0.25) is 0 Å². The summed E-state index contributed by atoms with van der Waals surface area (Å²) in [6, 6.07) is 12.3. The molecule has 5 nitrogen and oxygen atoms in total. The highest BCUT2D eigenvalue weighted by molar-refractivity contribution is 6.35. The molecule has 5 heteroatoms. The van der Waals surface area contributed by atoms with Gasteiger partial charge in [-0.2, -0.15) is 0 Å². The van der Waals surface area contributed by atoms with Gasteiger partial charge in [0, 0.05) is 22.4 Å². The molecule has 1 N–H and O–H groups in total. The van der Waals surface area contributed by atoms with Gasteiger partial charge in [0.25, 0.3) is 5.91 Å². The van der Waals surface area contributed by atoms with Crippen molar-refractivity contribution >= 4 is 29.2 Å². The minimum absolute atomic E-state index is 0.144. The molecule has 0 fully saturated rings. The third kappa shape index (κ3) is 3.24. The van der Waals surface area contributed by atoms with E-state index in [-0.39, 0.29) is 12.5 Å². The first-order valence-electron chi connectivity index (χ1n) is 7.55. The quantitative estimate of drug-likeness (QED) is 0.531. The maximum atomic E-state index is 12.3. The molecule has 0 saturated carbocycles. The minimum atomic E-state index is -0.456. The van der Waals surface area contributed by atoms with Crippen LogP contribution in [0, 0.1) is 12.3 Å². The zero-order valence-corrected chi connectivity index (χ0v) is 13.5. The molecule has 0 saturated heterocycles. The van der Waals surface area contributed by atoms with Crippen LogP contribution in [0.15, 0.2) is 42.5 Å². The summed E-state index contributed by atoms with van der Waals surface area (Å²) in [4.78, 5) is 24.0. The van der Waals surface area contributed by atoms with Crippen LogP contribution in [0.3, 0.4) is 0 Å². The van der Waals surface area contributed by atoms with Crippen LogP contribution < -0.4 is 10.1 Å². The van der Waals surface area contributed by atoms with E-state index in [0.717, 1.165) is 5.56 Å². The standard InChI is InChI=1S/C20H15NO4/c1-3-10-25-18-7-5-4-6-13(18)11-16-15-9-8-14(20(23)24-2)12-17(15)21-19(16)22/h1,4-9,11-12H,10H2,2H3,(H,21,22). The van der Waals surface area contributed by atoms with E-state index in [9.17, 15) is 9.59 Å². The van der Waals surface area contributed by atoms with Crippen LogP contribution in [0.2, 0.25) is 0 Å². The molecule has 2 aromatic carbocycles. The van der Waals surface area contributed by atoms with Gasteiger partial charge in [0.05, 0.1) is 12.7 Å². The van der Waals surface area contributed by atoms with Gasteiger partial charge in [-0.1, -0.05) is 30.2 Å². The van der Waals surface area contributed by atoms with Crippen LogP contribution in [0.1, 0.15) is 21.5 Å². The molecule has 0 unspecified atom stereocenters. The van der Waals surface area contributed by atoms with Crippen molar-refractivity contribution in [2.75, 3.05) is 19.0 Å². The third-order valence-electron chi connectivity index (χ3n) is 3.75. The van der Waals surface area contributed by atoms with E-state index < -0.39 is 5.97 Å². The largest absolute Gasteiger partial charge is 0.480 e. The average Bonchev–Trinajstić information content (AvgIpc) is 2.95. The number of hydrogen-bond acceptors (Lipinski definition) is 4. The lowest BCUT2D eigenvalue weighted by Gasteiger charge is -2.07. The van der Waals surface area contributed by atoms with Crippen molar-refractivity contribution in [1.82, 2.24) is 0 Å². The second-order valence-corrected chi connectivity index (χ2v) is 5.29. The predicted octanol–water partition coefficient (Wildman–Crippen LogP) is 2.98. The fraction of sp³-hybridized carbons (Fsp3) is 0.100. The summed E-state index contributed by atoms with van der Waals surface area (Å²) in [5.41, 5.74) is 2.89. The number of esters is 1. The molecule has 1 aliphatic heterocycles. The van der Waals surface area contributed by atoms with Gasteiger partial charge in [-0.15, -0.1) is 6.42 Å². The van der Waals surface area contributed by atoms with E-state index >= 15 is 0 Å². The summed E-state index contributed by atoms with van der Waals surface area (Å²) >= 11 is 0. The van der Waals surface area contributed by atoms with E-state index in [1.54, 1.807) is 30.3 Å². The summed E-state index contributed by atoms with van der Waals surface area (Å²) < 4.78 is 10.2. The van der Waals surface area contributed by atoms with E-state index in [0.29, 0.717) is 28.1 Å². The molecule has 0 atom stereocenters. The summed E-state index contributed by atoms with van der Waals surface area (Å²) in [7, 11) is 1.31. The van der Waals surface area contributed by atoms with Gasteiger partial charge in [-0.3, -0.25) is 4.79 Å². The topological polar surface area (TPSA) is 64.6 Å². The first-order chi connectivity index (χ1) is 12.1. The van der Waals surface area contributed by atoms with Crippen molar-refractivity contribution in [3.8, 4) is 18.1 Å². The highest BCUT2D eigenvalue weighted by Crippen LogP contribution is 2.35. The lowest BCUT2D eigenvalue weighted by atomic mass is 10.0. The SMILES string of the molecule is C#CCOc1ccccc1C=C1C(=O)Nc2cc(C(=O)OC)ccc21. The van der Waals surface area contributed by atoms with Crippen molar-refractivity contribution in [3.05, 3.63) is 59.2 Å². The van der Waals surface area contributed by atoms with Gasteiger partial charge in [-0.05, 0) is 24.3 Å². The Kier molecular flexibility index (Phi) is 4.53. The Hall–Kier alpha value is -3.52. The first-order valence-corrected chi connectivity index (χ1v) is 7.55. The summed E-state index contributed by atoms with van der Waals surface area (Å²) in [5, 5.41) is 2.76. The summed E-state index contributed by atoms with van der Waals surface area (Å²) in [6.07, 6.45) is 6.97. The fourth-order valence-corrected chi connectivity index (χ4v) is 2.59. The highest BCUT2D eigenvalue weighted by atomic mass is 16.5. The maximum absolute atomic E-state index is 12.3. The van der Waals surface area contributed by atoms with Crippen LogP contribution in [0.5, 0.6) is 5.75 Å². The molecule has 0 bridgehead atoms. The first kappa shape index (κ1) is 16.3. The Morgan fingerprint density at radius 3 is 2.84 bits per heavy atom. The number of terminal acetylenes is 1. The molecule has 0 spiro atoms. The lowest BCUT2D eigenvalue weighted by Crippen LogP contribution is -2.04. The van der Waals surface area contributed by atoms with Crippen LogP contribution in [0.25, 0.3) is 11.6 Å². The molecule has 0 aromatic heterocycles. The number of ether oxygens (including phenoxy) is 2. The zero-order valence-electron chi connectivity index (χ0n) is 13.5. The number of hydrogen-bond donors (Lipinski definition) is 1.